The molecular formula is C17H28F2. The summed E-state index contributed by atoms with van der Waals surface area (Å²) >= 11 is 0. The molecule has 0 aromatic rings. The zero-order valence-corrected chi connectivity index (χ0v) is 13.1. The molecule has 0 unspecified atom stereocenters. The van der Waals surface area contributed by atoms with Gasteiger partial charge in [0, 0.05) is 5.57 Å². The molecule has 0 amide bonds. The molecule has 0 aliphatic heterocycles. The van der Waals surface area contributed by atoms with Crippen LogP contribution in [0.2, 0.25) is 0 Å². The van der Waals surface area contributed by atoms with Gasteiger partial charge >= 0.3 is 0 Å². The van der Waals surface area contributed by atoms with Crippen LogP contribution in [0, 0.1) is 17.8 Å². The number of rotatable bonds is 7. The Labute approximate surface area is 117 Å². The van der Waals surface area contributed by atoms with Gasteiger partial charge in [0.25, 0.3) is 6.43 Å². The molecule has 1 atom stereocenters. The van der Waals surface area contributed by atoms with Crippen LogP contribution in [0.4, 0.5) is 8.78 Å². The van der Waals surface area contributed by atoms with Crippen molar-refractivity contribution in [2.75, 3.05) is 0 Å². The molecule has 0 rings (SSSR count). The topological polar surface area (TPSA) is 0 Å². The Kier molecular flexibility index (Phi) is 7.89. The molecule has 0 saturated heterocycles. The van der Waals surface area contributed by atoms with Crippen molar-refractivity contribution in [3.63, 3.8) is 0 Å². The van der Waals surface area contributed by atoms with E-state index in [9.17, 15) is 8.78 Å². The zero-order valence-electron chi connectivity index (χ0n) is 13.1. The Morgan fingerprint density at radius 2 is 1.63 bits per heavy atom. The monoisotopic (exact) mass is 270 g/mol. The van der Waals surface area contributed by atoms with Crippen molar-refractivity contribution in [1.29, 1.82) is 0 Å². The Bertz CT molecular complexity index is 346. The van der Waals surface area contributed by atoms with Crippen LogP contribution in [-0.2, 0) is 0 Å². The van der Waals surface area contributed by atoms with E-state index < -0.39 is 6.43 Å². The highest BCUT2D eigenvalue weighted by Crippen LogP contribution is 2.29. The van der Waals surface area contributed by atoms with E-state index in [1.165, 1.54) is 0 Å². The van der Waals surface area contributed by atoms with Crippen LogP contribution in [0.15, 0.2) is 35.5 Å². The van der Waals surface area contributed by atoms with Gasteiger partial charge in [0.15, 0.2) is 0 Å². The SMILES string of the molecule is C=C(C[C@H](C)C(C)C)/C(=C(C)\C=C/C(C)C)C(F)F. The highest BCUT2D eigenvalue weighted by Gasteiger charge is 2.19. The molecule has 0 aromatic heterocycles. The van der Waals surface area contributed by atoms with Crippen LogP contribution in [0.5, 0.6) is 0 Å². The molecule has 0 aliphatic rings. The second kappa shape index (κ2) is 8.29. The van der Waals surface area contributed by atoms with Crippen LogP contribution in [0.3, 0.4) is 0 Å². The minimum absolute atomic E-state index is 0.115. The first-order valence-corrected chi connectivity index (χ1v) is 7.02. The van der Waals surface area contributed by atoms with E-state index in [2.05, 4.69) is 27.4 Å². The molecule has 0 radical (unpaired) electrons. The summed E-state index contributed by atoms with van der Waals surface area (Å²) in [5.41, 5.74) is 1.32. The Morgan fingerprint density at radius 3 is 2.00 bits per heavy atom. The van der Waals surface area contributed by atoms with E-state index in [0.29, 0.717) is 35.3 Å². The van der Waals surface area contributed by atoms with E-state index in [0.717, 1.165) is 0 Å². The summed E-state index contributed by atoms with van der Waals surface area (Å²) < 4.78 is 26.4. The van der Waals surface area contributed by atoms with Crippen molar-refractivity contribution < 1.29 is 8.78 Å². The Morgan fingerprint density at radius 1 is 1.11 bits per heavy atom. The summed E-state index contributed by atoms with van der Waals surface area (Å²) in [7, 11) is 0. The van der Waals surface area contributed by atoms with Crippen molar-refractivity contribution in [2.45, 2.75) is 54.4 Å². The highest BCUT2D eigenvalue weighted by molar-refractivity contribution is 5.39. The molecule has 0 N–H and O–H groups in total. The minimum Gasteiger partial charge on any atom is -0.205 e. The van der Waals surface area contributed by atoms with Gasteiger partial charge in [0.1, 0.15) is 0 Å². The van der Waals surface area contributed by atoms with E-state index in [1.807, 2.05) is 19.9 Å². The van der Waals surface area contributed by atoms with Crippen LogP contribution in [0.25, 0.3) is 0 Å². The fourth-order valence-electron chi connectivity index (χ4n) is 1.77. The third-order valence-corrected chi connectivity index (χ3v) is 3.46. The van der Waals surface area contributed by atoms with Gasteiger partial charge in [0.05, 0.1) is 0 Å². The molecular weight excluding hydrogens is 242 g/mol. The lowest BCUT2D eigenvalue weighted by molar-refractivity contribution is 0.190. The lowest BCUT2D eigenvalue weighted by Crippen LogP contribution is -2.10. The Balaban J connectivity index is 5.10. The maximum absolute atomic E-state index is 13.2. The first-order valence-electron chi connectivity index (χ1n) is 7.02. The van der Waals surface area contributed by atoms with Crippen LogP contribution in [-0.4, -0.2) is 6.43 Å². The van der Waals surface area contributed by atoms with Crippen LogP contribution in [0.1, 0.15) is 48.0 Å². The van der Waals surface area contributed by atoms with Crippen molar-refractivity contribution >= 4 is 0 Å². The number of alkyl halides is 2. The summed E-state index contributed by atoms with van der Waals surface area (Å²) in [6.45, 7) is 16.0. The molecule has 0 aliphatic carbocycles. The quantitative estimate of drug-likeness (QED) is 0.496. The number of hydrogen-bond acceptors (Lipinski definition) is 0. The summed E-state index contributed by atoms with van der Waals surface area (Å²) in [6, 6.07) is 0. The lowest BCUT2D eigenvalue weighted by Gasteiger charge is -2.19. The van der Waals surface area contributed by atoms with Gasteiger partial charge in [0.2, 0.25) is 0 Å². The molecule has 0 fully saturated rings. The maximum atomic E-state index is 13.2. The van der Waals surface area contributed by atoms with Crippen molar-refractivity contribution in [3.05, 3.63) is 35.5 Å². The van der Waals surface area contributed by atoms with Crippen LogP contribution >= 0.6 is 0 Å². The highest BCUT2D eigenvalue weighted by atomic mass is 19.3. The molecule has 2 heteroatoms. The standard InChI is InChI=1S/C17H28F2/c1-11(2)8-9-13(5)16(17(18)19)15(7)10-14(6)12(3)4/h8-9,11-12,14,17H,7,10H2,1-6H3/b9-8-,16-13+/t14-/m0/s1. The fraction of sp³-hybridized carbons (Fsp3) is 0.647. The van der Waals surface area contributed by atoms with E-state index in [-0.39, 0.29) is 5.57 Å². The summed E-state index contributed by atoms with van der Waals surface area (Å²) in [4.78, 5) is 0. The van der Waals surface area contributed by atoms with Gasteiger partial charge < -0.3 is 0 Å². The smallest absolute Gasteiger partial charge is 0.205 e. The fourth-order valence-corrected chi connectivity index (χ4v) is 1.77. The average molecular weight is 270 g/mol. The second-order valence-corrected chi connectivity index (χ2v) is 6.03. The van der Waals surface area contributed by atoms with E-state index >= 15 is 0 Å². The average Bonchev–Trinajstić information content (AvgIpc) is 2.25. The van der Waals surface area contributed by atoms with Gasteiger partial charge in [-0.2, -0.15) is 0 Å². The first kappa shape index (κ1) is 18.1. The van der Waals surface area contributed by atoms with Crippen molar-refractivity contribution in [2.24, 2.45) is 17.8 Å². The third kappa shape index (κ3) is 6.70. The van der Waals surface area contributed by atoms with Crippen molar-refractivity contribution in [3.8, 4) is 0 Å². The molecule has 0 heterocycles. The Hall–Kier alpha value is -0.920. The minimum atomic E-state index is -2.45. The van der Waals surface area contributed by atoms with Gasteiger partial charge in [-0.25, -0.2) is 8.78 Å². The molecule has 19 heavy (non-hydrogen) atoms. The summed E-state index contributed by atoms with van der Waals surface area (Å²) in [5, 5.41) is 0. The largest absolute Gasteiger partial charge is 0.264 e. The molecule has 0 spiro atoms. The molecule has 110 valence electrons. The van der Waals surface area contributed by atoms with Gasteiger partial charge in [-0.3, -0.25) is 0 Å². The normalized spacial score (nSPS) is 15.5. The van der Waals surface area contributed by atoms with E-state index in [4.69, 9.17) is 0 Å². The molecule has 0 aromatic carbocycles. The zero-order chi connectivity index (χ0) is 15.2. The number of allylic oxidation sites excluding steroid dienone is 5. The predicted molar refractivity (Wildman–Crippen MR) is 80.4 cm³/mol. The first-order chi connectivity index (χ1) is 8.66. The second-order valence-electron chi connectivity index (χ2n) is 6.03. The lowest BCUT2D eigenvalue weighted by atomic mass is 9.87. The van der Waals surface area contributed by atoms with Gasteiger partial charge in [-0.1, -0.05) is 53.3 Å². The number of halogens is 2. The maximum Gasteiger partial charge on any atom is 0.264 e. The predicted octanol–water partition coefficient (Wildman–Crippen LogP) is 6.02. The van der Waals surface area contributed by atoms with Gasteiger partial charge in [-0.15, -0.1) is 0 Å². The molecule has 0 nitrogen and oxygen atoms in total. The van der Waals surface area contributed by atoms with E-state index in [1.54, 1.807) is 13.0 Å². The molecule has 0 saturated carbocycles. The third-order valence-electron chi connectivity index (χ3n) is 3.46. The summed E-state index contributed by atoms with van der Waals surface area (Å²) in [5.74, 6) is 1.20. The summed E-state index contributed by atoms with van der Waals surface area (Å²) in [6.07, 6.45) is 1.90. The van der Waals surface area contributed by atoms with Crippen molar-refractivity contribution in [1.82, 2.24) is 0 Å². The van der Waals surface area contributed by atoms with Gasteiger partial charge in [-0.05, 0) is 42.2 Å². The van der Waals surface area contributed by atoms with Crippen LogP contribution < -0.4 is 0 Å². The number of hydrogen-bond donors (Lipinski definition) is 0. The molecule has 0 bridgehead atoms.